The van der Waals surface area contributed by atoms with E-state index in [0.29, 0.717) is 11.5 Å². The Labute approximate surface area is 124 Å². The molecule has 1 amide bonds. The monoisotopic (exact) mass is 295 g/mol. The summed E-state index contributed by atoms with van der Waals surface area (Å²) in [5, 5.41) is 0. The Morgan fingerprint density at radius 1 is 1.35 bits per heavy atom. The maximum absolute atomic E-state index is 12.2. The van der Waals surface area contributed by atoms with Gasteiger partial charge in [0.15, 0.2) is 11.5 Å². The lowest BCUT2D eigenvalue weighted by molar-refractivity contribution is -0.129. The second kappa shape index (κ2) is 6.88. The minimum Gasteiger partial charge on any atom is -0.493 e. The maximum Gasteiger partial charge on any atom is 0.233 e. The second-order valence-electron chi connectivity index (χ2n) is 4.79. The average Bonchev–Trinajstić information content (AvgIpc) is 2.96. The summed E-state index contributed by atoms with van der Waals surface area (Å²) in [6, 6.07) is 6.07. The Kier molecular flexibility index (Phi) is 5.17. The average molecular weight is 295 g/mol. The minimum atomic E-state index is 0.162. The van der Waals surface area contributed by atoms with E-state index in [-0.39, 0.29) is 11.9 Å². The Balaban J connectivity index is 2.23. The summed E-state index contributed by atoms with van der Waals surface area (Å²) in [4.78, 5) is 14.1. The van der Waals surface area contributed by atoms with Crippen LogP contribution in [0, 0.1) is 0 Å². The van der Waals surface area contributed by atoms with Crippen molar-refractivity contribution in [2.24, 2.45) is 0 Å². The molecule has 0 aliphatic carbocycles. The van der Waals surface area contributed by atoms with Crippen LogP contribution < -0.4 is 9.47 Å². The minimum absolute atomic E-state index is 0.162. The molecule has 0 radical (unpaired) electrons. The zero-order valence-corrected chi connectivity index (χ0v) is 13.0. The van der Waals surface area contributed by atoms with E-state index < -0.39 is 0 Å². The zero-order valence-electron chi connectivity index (χ0n) is 12.2. The number of hydrogen-bond donors (Lipinski definition) is 0. The third kappa shape index (κ3) is 3.03. The third-order valence-electron chi connectivity index (χ3n) is 3.63. The fourth-order valence-corrected chi connectivity index (χ4v) is 3.09. The Bertz CT molecular complexity index is 478. The molecule has 1 aromatic rings. The smallest absolute Gasteiger partial charge is 0.233 e. The fraction of sp³-hybridized carbons (Fsp3) is 0.533. The SMILES string of the molecule is COc1ccc(C2CCCN2C(=O)CSC)cc1OC. The maximum atomic E-state index is 12.2. The van der Waals surface area contributed by atoms with Gasteiger partial charge in [-0.15, -0.1) is 0 Å². The van der Waals surface area contributed by atoms with Crippen molar-refractivity contribution >= 4 is 17.7 Å². The Hall–Kier alpha value is -1.36. The van der Waals surface area contributed by atoms with Crippen molar-refractivity contribution in [3.63, 3.8) is 0 Å². The van der Waals surface area contributed by atoms with E-state index in [1.165, 1.54) is 0 Å². The van der Waals surface area contributed by atoms with E-state index in [1.807, 2.05) is 29.4 Å². The van der Waals surface area contributed by atoms with Crippen LogP contribution in [0.25, 0.3) is 0 Å². The standard InChI is InChI=1S/C15H21NO3S/c1-18-13-7-6-11(9-14(13)19-2)12-5-4-8-16(12)15(17)10-20-3/h6-7,9,12H,4-5,8,10H2,1-3H3. The van der Waals surface area contributed by atoms with Gasteiger partial charge in [0, 0.05) is 6.54 Å². The quantitative estimate of drug-likeness (QED) is 0.837. The van der Waals surface area contributed by atoms with E-state index in [4.69, 9.17) is 9.47 Å². The van der Waals surface area contributed by atoms with E-state index in [0.717, 1.165) is 30.7 Å². The van der Waals surface area contributed by atoms with Gasteiger partial charge in [-0.05, 0) is 36.8 Å². The number of ether oxygens (including phenoxy) is 2. The van der Waals surface area contributed by atoms with Gasteiger partial charge in [0.2, 0.25) is 5.91 Å². The summed E-state index contributed by atoms with van der Waals surface area (Å²) in [7, 11) is 3.26. The van der Waals surface area contributed by atoms with E-state index >= 15 is 0 Å². The normalized spacial score (nSPS) is 18.1. The molecular weight excluding hydrogens is 274 g/mol. The molecule has 0 spiro atoms. The Morgan fingerprint density at radius 3 is 2.75 bits per heavy atom. The topological polar surface area (TPSA) is 38.8 Å². The van der Waals surface area contributed by atoms with E-state index in [2.05, 4.69) is 0 Å². The Morgan fingerprint density at radius 2 is 2.10 bits per heavy atom. The lowest BCUT2D eigenvalue weighted by Gasteiger charge is -2.25. The number of carbonyl (C=O) groups is 1. The molecule has 2 rings (SSSR count). The van der Waals surface area contributed by atoms with Crippen molar-refractivity contribution in [1.82, 2.24) is 4.90 Å². The number of benzene rings is 1. The molecule has 0 saturated carbocycles. The van der Waals surface area contributed by atoms with Gasteiger partial charge in [0.1, 0.15) is 0 Å². The van der Waals surface area contributed by atoms with Crippen molar-refractivity contribution < 1.29 is 14.3 Å². The van der Waals surface area contributed by atoms with Crippen LogP contribution in [-0.2, 0) is 4.79 Å². The van der Waals surface area contributed by atoms with Crippen molar-refractivity contribution in [1.29, 1.82) is 0 Å². The van der Waals surface area contributed by atoms with Gasteiger partial charge in [-0.25, -0.2) is 0 Å². The molecule has 5 heteroatoms. The molecule has 20 heavy (non-hydrogen) atoms. The van der Waals surface area contributed by atoms with Gasteiger partial charge in [0.05, 0.1) is 26.0 Å². The van der Waals surface area contributed by atoms with Gasteiger partial charge < -0.3 is 14.4 Å². The first kappa shape index (κ1) is 15.0. The van der Waals surface area contributed by atoms with Crippen LogP contribution in [0.5, 0.6) is 11.5 Å². The summed E-state index contributed by atoms with van der Waals surface area (Å²) in [6.45, 7) is 0.846. The number of rotatable bonds is 5. The van der Waals surface area contributed by atoms with Crippen LogP contribution in [-0.4, -0.2) is 43.6 Å². The number of amides is 1. The van der Waals surface area contributed by atoms with Crippen molar-refractivity contribution in [3.05, 3.63) is 23.8 Å². The molecule has 0 bridgehead atoms. The molecular formula is C15H21NO3S. The van der Waals surface area contributed by atoms with Crippen molar-refractivity contribution in [2.75, 3.05) is 32.8 Å². The highest BCUT2D eigenvalue weighted by molar-refractivity contribution is 7.99. The van der Waals surface area contributed by atoms with Gasteiger partial charge in [-0.2, -0.15) is 11.8 Å². The number of methoxy groups -OCH3 is 2. The van der Waals surface area contributed by atoms with Gasteiger partial charge in [-0.3, -0.25) is 4.79 Å². The summed E-state index contributed by atoms with van der Waals surface area (Å²) < 4.78 is 10.6. The highest BCUT2D eigenvalue weighted by atomic mass is 32.2. The van der Waals surface area contributed by atoms with Crippen LogP contribution in [0.3, 0.4) is 0 Å². The number of likely N-dealkylation sites (tertiary alicyclic amines) is 1. The first-order valence-electron chi connectivity index (χ1n) is 6.71. The zero-order chi connectivity index (χ0) is 14.5. The lowest BCUT2D eigenvalue weighted by atomic mass is 10.0. The summed E-state index contributed by atoms with van der Waals surface area (Å²) in [5.41, 5.74) is 1.12. The molecule has 1 aromatic carbocycles. The highest BCUT2D eigenvalue weighted by Gasteiger charge is 2.30. The first-order valence-corrected chi connectivity index (χ1v) is 8.11. The van der Waals surface area contributed by atoms with Crippen LogP contribution in [0.15, 0.2) is 18.2 Å². The number of nitrogens with zero attached hydrogens (tertiary/aromatic N) is 1. The van der Waals surface area contributed by atoms with Gasteiger partial charge in [-0.1, -0.05) is 6.07 Å². The molecule has 0 N–H and O–H groups in total. The van der Waals surface area contributed by atoms with Crippen LogP contribution in [0.4, 0.5) is 0 Å². The largest absolute Gasteiger partial charge is 0.493 e. The predicted octanol–water partition coefficient (Wildman–Crippen LogP) is 2.73. The number of thioether (sulfide) groups is 1. The van der Waals surface area contributed by atoms with Crippen molar-refractivity contribution in [3.8, 4) is 11.5 Å². The molecule has 1 heterocycles. The van der Waals surface area contributed by atoms with Gasteiger partial charge in [0.25, 0.3) is 0 Å². The molecule has 1 aliphatic heterocycles. The molecule has 1 saturated heterocycles. The first-order chi connectivity index (χ1) is 9.71. The second-order valence-corrected chi connectivity index (χ2v) is 5.66. The van der Waals surface area contributed by atoms with Crippen LogP contribution in [0.2, 0.25) is 0 Å². The fourth-order valence-electron chi connectivity index (χ4n) is 2.68. The van der Waals surface area contributed by atoms with E-state index in [9.17, 15) is 4.79 Å². The predicted molar refractivity (Wildman–Crippen MR) is 81.6 cm³/mol. The molecule has 1 aliphatic rings. The molecule has 1 unspecified atom stereocenters. The molecule has 110 valence electrons. The number of hydrogen-bond acceptors (Lipinski definition) is 4. The van der Waals surface area contributed by atoms with E-state index in [1.54, 1.807) is 26.0 Å². The molecule has 1 atom stereocenters. The van der Waals surface area contributed by atoms with Crippen LogP contribution in [0.1, 0.15) is 24.4 Å². The van der Waals surface area contributed by atoms with Crippen molar-refractivity contribution in [2.45, 2.75) is 18.9 Å². The van der Waals surface area contributed by atoms with Crippen LogP contribution >= 0.6 is 11.8 Å². The third-order valence-corrected chi connectivity index (χ3v) is 4.17. The summed E-state index contributed by atoms with van der Waals surface area (Å²) in [6.07, 6.45) is 4.02. The summed E-state index contributed by atoms with van der Waals surface area (Å²) >= 11 is 1.57. The lowest BCUT2D eigenvalue weighted by Crippen LogP contribution is -2.31. The van der Waals surface area contributed by atoms with Gasteiger partial charge >= 0.3 is 0 Å². The molecule has 0 aromatic heterocycles. The highest BCUT2D eigenvalue weighted by Crippen LogP contribution is 2.37. The molecule has 4 nitrogen and oxygen atoms in total. The summed E-state index contributed by atoms with van der Waals surface area (Å²) in [5.74, 6) is 2.20. The number of carbonyl (C=O) groups excluding carboxylic acids is 1. The molecule has 1 fully saturated rings.